The van der Waals surface area contributed by atoms with Gasteiger partial charge in [0.25, 0.3) is 0 Å². The summed E-state index contributed by atoms with van der Waals surface area (Å²) in [5, 5.41) is 30.2. The maximum atomic E-state index is 10.4. The molecular weight excluding hydrogens is 264 g/mol. The molecule has 0 bridgehead atoms. The molecule has 4 rings (SSSR count). The van der Waals surface area contributed by atoms with E-state index in [0.717, 1.165) is 32.1 Å². The first-order chi connectivity index (χ1) is 10.0. The van der Waals surface area contributed by atoms with Crippen LogP contribution in [0.1, 0.15) is 49.7 Å². The highest BCUT2D eigenvalue weighted by atomic mass is 16.3. The predicted octanol–water partition coefficient (Wildman–Crippen LogP) is 2.58. The number of hydrogen-bond donors (Lipinski definition) is 3. The summed E-state index contributed by atoms with van der Waals surface area (Å²) in [6.07, 6.45) is 3.80. The van der Waals surface area contributed by atoms with E-state index in [-0.39, 0.29) is 5.41 Å². The lowest BCUT2D eigenvalue weighted by Gasteiger charge is -2.49. The maximum absolute atomic E-state index is 10.4. The van der Waals surface area contributed by atoms with Crippen molar-refractivity contribution < 1.29 is 15.3 Å². The Labute approximate surface area is 125 Å². The summed E-state index contributed by atoms with van der Waals surface area (Å²) in [7, 11) is 0. The van der Waals surface area contributed by atoms with Crippen molar-refractivity contribution >= 4 is 0 Å². The fourth-order valence-electron chi connectivity index (χ4n) is 5.56. The molecule has 0 unspecified atom stereocenters. The van der Waals surface area contributed by atoms with Gasteiger partial charge in [-0.2, -0.15) is 0 Å². The number of aliphatic hydroxyl groups is 2. The molecule has 3 N–H and O–H groups in total. The lowest BCUT2D eigenvalue weighted by atomic mass is 9.55. The highest BCUT2D eigenvalue weighted by Crippen LogP contribution is 2.60. The number of rotatable bonds is 0. The van der Waals surface area contributed by atoms with Gasteiger partial charge in [-0.15, -0.1) is 0 Å². The number of aliphatic hydroxyl groups excluding tert-OH is 2. The van der Waals surface area contributed by atoms with Crippen molar-refractivity contribution in [3.05, 3.63) is 29.3 Å². The molecule has 0 aliphatic heterocycles. The van der Waals surface area contributed by atoms with Gasteiger partial charge in [0.2, 0.25) is 0 Å². The van der Waals surface area contributed by atoms with E-state index in [1.807, 2.05) is 6.07 Å². The van der Waals surface area contributed by atoms with Crippen LogP contribution in [0.25, 0.3) is 0 Å². The quantitative estimate of drug-likeness (QED) is 0.687. The SMILES string of the molecule is C[C@@]12CC[C@@H]3c4ccc(O)cc4CC[C@H]3[C@@H]1C[C@@H](O)[C@@H]2O. The molecule has 2 saturated carbocycles. The van der Waals surface area contributed by atoms with Crippen LogP contribution in [0.2, 0.25) is 0 Å². The summed E-state index contributed by atoms with van der Waals surface area (Å²) in [4.78, 5) is 0. The van der Waals surface area contributed by atoms with E-state index >= 15 is 0 Å². The number of fused-ring (bicyclic) bond motifs is 5. The third-order valence-corrected chi connectivity index (χ3v) is 6.68. The van der Waals surface area contributed by atoms with Gasteiger partial charge in [-0.25, -0.2) is 0 Å². The first kappa shape index (κ1) is 13.6. The van der Waals surface area contributed by atoms with E-state index in [2.05, 4.69) is 13.0 Å². The van der Waals surface area contributed by atoms with E-state index in [9.17, 15) is 15.3 Å². The molecule has 6 atom stereocenters. The van der Waals surface area contributed by atoms with Crippen molar-refractivity contribution in [2.45, 2.75) is 57.2 Å². The number of benzene rings is 1. The molecule has 2 fully saturated rings. The van der Waals surface area contributed by atoms with E-state index < -0.39 is 12.2 Å². The van der Waals surface area contributed by atoms with Crippen molar-refractivity contribution in [3.63, 3.8) is 0 Å². The number of hydrogen-bond acceptors (Lipinski definition) is 3. The van der Waals surface area contributed by atoms with Crippen LogP contribution >= 0.6 is 0 Å². The molecule has 0 saturated heterocycles. The standard InChI is InChI=1S/C18H24O3/c1-18-7-6-13-12-5-3-11(19)8-10(12)2-4-14(13)15(18)9-16(20)17(18)21/h3,5,8,13-17,19-21H,2,4,6-7,9H2,1H3/t13-,14-,15+,16-,17+,18-/m1/s1. The van der Waals surface area contributed by atoms with Gasteiger partial charge in [-0.3, -0.25) is 0 Å². The van der Waals surface area contributed by atoms with E-state index in [0.29, 0.717) is 23.5 Å². The molecule has 0 heterocycles. The van der Waals surface area contributed by atoms with Crippen LogP contribution in [0.5, 0.6) is 5.75 Å². The summed E-state index contributed by atoms with van der Waals surface area (Å²) in [5.41, 5.74) is 2.57. The van der Waals surface area contributed by atoms with Crippen molar-refractivity contribution in [1.82, 2.24) is 0 Å². The van der Waals surface area contributed by atoms with Gasteiger partial charge in [0.05, 0.1) is 12.2 Å². The molecular formula is C18H24O3. The summed E-state index contributed by atoms with van der Waals surface area (Å²) < 4.78 is 0. The Hall–Kier alpha value is -1.06. The zero-order valence-electron chi connectivity index (χ0n) is 12.5. The number of aryl methyl sites for hydroxylation is 1. The molecule has 114 valence electrons. The number of phenols is 1. The monoisotopic (exact) mass is 288 g/mol. The van der Waals surface area contributed by atoms with Gasteiger partial charge in [0.15, 0.2) is 0 Å². The average Bonchev–Trinajstić information content (AvgIpc) is 2.70. The van der Waals surface area contributed by atoms with Crippen LogP contribution in [0.3, 0.4) is 0 Å². The molecule has 0 radical (unpaired) electrons. The second-order valence-electron chi connectivity index (χ2n) is 7.59. The molecule has 3 aliphatic rings. The Morgan fingerprint density at radius 1 is 1.19 bits per heavy atom. The molecule has 0 amide bonds. The molecule has 0 aromatic heterocycles. The summed E-state index contributed by atoms with van der Waals surface area (Å²) in [5.74, 6) is 1.88. The zero-order valence-corrected chi connectivity index (χ0v) is 12.5. The zero-order chi connectivity index (χ0) is 14.8. The van der Waals surface area contributed by atoms with E-state index in [1.165, 1.54) is 11.1 Å². The third-order valence-electron chi connectivity index (χ3n) is 6.68. The highest BCUT2D eigenvalue weighted by Gasteiger charge is 2.57. The third kappa shape index (κ3) is 1.80. The number of phenolic OH excluding ortho intramolecular Hbond substituents is 1. The topological polar surface area (TPSA) is 60.7 Å². The minimum atomic E-state index is -0.565. The van der Waals surface area contributed by atoms with Crippen LogP contribution in [0.4, 0.5) is 0 Å². The van der Waals surface area contributed by atoms with Crippen LogP contribution in [0.15, 0.2) is 18.2 Å². The lowest BCUT2D eigenvalue weighted by Crippen LogP contribution is -2.44. The molecule has 1 aromatic carbocycles. The molecule has 1 aromatic rings. The minimum absolute atomic E-state index is 0.116. The minimum Gasteiger partial charge on any atom is -0.508 e. The Morgan fingerprint density at radius 2 is 2.00 bits per heavy atom. The summed E-state index contributed by atoms with van der Waals surface area (Å²) in [6, 6.07) is 5.80. The second-order valence-corrected chi connectivity index (χ2v) is 7.59. The van der Waals surface area contributed by atoms with Gasteiger partial charge in [0.1, 0.15) is 5.75 Å². The summed E-state index contributed by atoms with van der Waals surface area (Å²) >= 11 is 0. The largest absolute Gasteiger partial charge is 0.508 e. The van der Waals surface area contributed by atoms with Gasteiger partial charge >= 0.3 is 0 Å². The van der Waals surface area contributed by atoms with Crippen molar-refractivity contribution in [3.8, 4) is 5.75 Å². The molecule has 0 spiro atoms. The van der Waals surface area contributed by atoms with E-state index in [4.69, 9.17) is 0 Å². The van der Waals surface area contributed by atoms with Crippen LogP contribution in [-0.2, 0) is 6.42 Å². The smallest absolute Gasteiger partial charge is 0.115 e. The maximum Gasteiger partial charge on any atom is 0.115 e. The normalized spacial score (nSPS) is 44.8. The average molecular weight is 288 g/mol. The van der Waals surface area contributed by atoms with Crippen molar-refractivity contribution in [2.75, 3.05) is 0 Å². The fourth-order valence-corrected chi connectivity index (χ4v) is 5.56. The van der Waals surface area contributed by atoms with Crippen molar-refractivity contribution in [1.29, 1.82) is 0 Å². The molecule has 3 heteroatoms. The Kier molecular flexibility index (Phi) is 2.89. The van der Waals surface area contributed by atoms with Crippen LogP contribution in [0, 0.1) is 17.3 Å². The predicted molar refractivity (Wildman–Crippen MR) is 80.1 cm³/mol. The Balaban J connectivity index is 1.71. The first-order valence-electron chi connectivity index (χ1n) is 8.18. The summed E-state index contributed by atoms with van der Waals surface area (Å²) in [6.45, 7) is 2.17. The van der Waals surface area contributed by atoms with Crippen LogP contribution < -0.4 is 0 Å². The molecule has 3 nitrogen and oxygen atoms in total. The lowest BCUT2D eigenvalue weighted by molar-refractivity contribution is -0.0505. The fraction of sp³-hybridized carbons (Fsp3) is 0.667. The molecule has 3 aliphatic carbocycles. The Morgan fingerprint density at radius 3 is 2.81 bits per heavy atom. The van der Waals surface area contributed by atoms with Gasteiger partial charge in [0, 0.05) is 0 Å². The second kappa shape index (κ2) is 4.47. The number of aromatic hydroxyl groups is 1. The van der Waals surface area contributed by atoms with E-state index in [1.54, 1.807) is 6.07 Å². The van der Waals surface area contributed by atoms with Gasteiger partial charge < -0.3 is 15.3 Å². The Bertz CT molecular complexity index is 570. The first-order valence-corrected chi connectivity index (χ1v) is 8.18. The highest BCUT2D eigenvalue weighted by molar-refractivity contribution is 5.40. The van der Waals surface area contributed by atoms with Gasteiger partial charge in [-0.05, 0) is 78.5 Å². The molecule has 21 heavy (non-hydrogen) atoms. The van der Waals surface area contributed by atoms with Gasteiger partial charge in [-0.1, -0.05) is 13.0 Å². The van der Waals surface area contributed by atoms with Crippen LogP contribution in [-0.4, -0.2) is 27.5 Å². The van der Waals surface area contributed by atoms with Crippen molar-refractivity contribution in [2.24, 2.45) is 17.3 Å².